The van der Waals surface area contributed by atoms with Crippen molar-refractivity contribution in [2.24, 2.45) is 0 Å². The van der Waals surface area contributed by atoms with Crippen LogP contribution in [-0.4, -0.2) is 13.0 Å². The molecular weight excluding hydrogens is 588 g/mol. The van der Waals surface area contributed by atoms with Gasteiger partial charge in [0.25, 0.3) is 0 Å². The van der Waals surface area contributed by atoms with Crippen molar-refractivity contribution in [1.29, 1.82) is 0 Å². The van der Waals surface area contributed by atoms with Crippen LogP contribution in [0.5, 0.6) is 34.5 Å². The molecule has 0 aromatic heterocycles. The highest BCUT2D eigenvalue weighted by Crippen LogP contribution is 2.34. The van der Waals surface area contributed by atoms with Gasteiger partial charge in [0.05, 0.1) is 0 Å². The van der Waals surface area contributed by atoms with Crippen LogP contribution in [0.15, 0.2) is 170 Å². The smallest absolute Gasteiger partial charge is 0.406 e. The molecule has 236 valence electrons. The van der Waals surface area contributed by atoms with Crippen LogP contribution in [-0.2, 0) is 5.41 Å². The maximum atomic E-state index is 6.15. The summed E-state index contributed by atoms with van der Waals surface area (Å²) in [6, 6.07) is 53.8. The summed E-state index contributed by atoms with van der Waals surface area (Å²) in [6.45, 7) is 2.40. The maximum absolute atomic E-state index is 6.15. The Labute approximate surface area is 275 Å². The van der Waals surface area contributed by atoms with Crippen LogP contribution in [0.2, 0.25) is 0 Å². The number of benzene rings is 6. The van der Waals surface area contributed by atoms with Crippen molar-refractivity contribution in [3.63, 3.8) is 0 Å². The van der Waals surface area contributed by atoms with Gasteiger partial charge in [-0.2, -0.15) is 0 Å². The fourth-order valence-corrected chi connectivity index (χ4v) is 4.87. The minimum atomic E-state index is -0.980. The molecule has 0 fully saturated rings. The highest BCUT2D eigenvalue weighted by Gasteiger charge is 2.24. The summed E-state index contributed by atoms with van der Waals surface area (Å²) < 4.78 is 36.4. The quantitative estimate of drug-likeness (QED) is 0.113. The molecule has 0 heterocycles. The van der Waals surface area contributed by atoms with Crippen molar-refractivity contribution in [3.8, 4) is 34.5 Å². The van der Waals surface area contributed by atoms with E-state index in [0.717, 1.165) is 11.1 Å². The Kier molecular flexibility index (Phi) is 9.89. The largest absolute Gasteiger partial charge is 0.423 e. The monoisotopic (exact) mass is 624 g/mol. The van der Waals surface area contributed by atoms with Crippen LogP contribution in [0.1, 0.15) is 25.0 Å². The fourth-order valence-electron chi connectivity index (χ4n) is 4.87. The van der Waals surface area contributed by atoms with E-state index < -0.39 is 13.0 Å². The molecule has 6 aromatic carbocycles. The summed E-state index contributed by atoms with van der Waals surface area (Å²) in [6.07, 6.45) is 0. The molecule has 0 N–H and O–H groups in total. The number of rotatable bonds is 14. The van der Waals surface area contributed by atoms with Crippen LogP contribution in [0, 0.1) is 0 Å². The van der Waals surface area contributed by atoms with E-state index in [9.17, 15) is 0 Å². The third-order valence-corrected chi connectivity index (χ3v) is 7.52. The number of para-hydroxylation sites is 4. The first-order chi connectivity index (χ1) is 23.0. The van der Waals surface area contributed by atoms with Crippen molar-refractivity contribution in [2.45, 2.75) is 32.2 Å². The van der Waals surface area contributed by atoms with Crippen molar-refractivity contribution in [1.82, 2.24) is 0 Å². The minimum absolute atomic E-state index is 0.308. The SMILES string of the molecule is CC(C)(c1ccc(OC(Oc2ccccc2)Oc2ccccc2)cc1)c1ccc(OC(Oc2ccccc2)Oc2ccccc2)cc1. The minimum Gasteiger partial charge on any atom is -0.423 e. The summed E-state index contributed by atoms with van der Waals surface area (Å²) >= 11 is 0. The first-order valence-corrected chi connectivity index (χ1v) is 15.4. The molecule has 0 bridgehead atoms. The van der Waals surface area contributed by atoms with Crippen molar-refractivity contribution >= 4 is 0 Å². The van der Waals surface area contributed by atoms with E-state index in [1.54, 1.807) is 0 Å². The van der Waals surface area contributed by atoms with Gasteiger partial charge in [-0.25, -0.2) is 0 Å². The summed E-state index contributed by atoms with van der Waals surface area (Å²) in [5, 5.41) is 0. The lowest BCUT2D eigenvalue weighted by atomic mass is 9.78. The molecule has 0 atom stereocenters. The standard InChI is InChI=1S/C41H36O6/c1-41(2,31-23-27-37(28-24-31)46-39(42-33-15-7-3-8-16-33)43-34-17-9-4-10-18-34)32-25-29-38(30-26-32)47-40(44-35-19-11-5-12-20-35)45-36-21-13-6-14-22-36/h3-30,39-40H,1-2H3. The molecule has 0 aliphatic carbocycles. The zero-order chi connectivity index (χ0) is 32.3. The molecule has 0 aliphatic heterocycles. The van der Waals surface area contributed by atoms with Gasteiger partial charge in [0.1, 0.15) is 34.5 Å². The van der Waals surface area contributed by atoms with E-state index in [1.165, 1.54) is 0 Å². The Morgan fingerprint density at radius 3 is 0.745 bits per heavy atom. The second-order valence-corrected chi connectivity index (χ2v) is 11.2. The van der Waals surface area contributed by atoms with E-state index in [2.05, 4.69) is 38.1 Å². The second-order valence-electron chi connectivity index (χ2n) is 11.2. The molecule has 0 radical (unpaired) electrons. The van der Waals surface area contributed by atoms with Gasteiger partial charge >= 0.3 is 13.0 Å². The van der Waals surface area contributed by atoms with Gasteiger partial charge in [-0.15, -0.1) is 0 Å². The zero-order valence-electron chi connectivity index (χ0n) is 26.3. The van der Waals surface area contributed by atoms with Crippen LogP contribution in [0.4, 0.5) is 0 Å². The van der Waals surface area contributed by atoms with Crippen LogP contribution < -0.4 is 28.4 Å². The van der Waals surface area contributed by atoms with Gasteiger partial charge in [-0.3, -0.25) is 0 Å². The van der Waals surface area contributed by atoms with E-state index in [0.29, 0.717) is 34.5 Å². The summed E-state index contributed by atoms with van der Waals surface area (Å²) in [4.78, 5) is 0. The van der Waals surface area contributed by atoms with E-state index in [4.69, 9.17) is 28.4 Å². The number of hydrogen-bond acceptors (Lipinski definition) is 6. The van der Waals surface area contributed by atoms with E-state index >= 15 is 0 Å². The number of ether oxygens (including phenoxy) is 6. The van der Waals surface area contributed by atoms with Crippen LogP contribution in [0.25, 0.3) is 0 Å². The van der Waals surface area contributed by atoms with Crippen LogP contribution >= 0.6 is 0 Å². The molecule has 0 saturated heterocycles. The first kappa shape index (κ1) is 31.1. The molecule has 47 heavy (non-hydrogen) atoms. The highest BCUT2D eigenvalue weighted by molar-refractivity contribution is 5.42. The van der Waals surface area contributed by atoms with Gasteiger partial charge in [-0.1, -0.05) is 111 Å². The molecule has 0 amide bonds. The molecule has 0 unspecified atom stereocenters. The zero-order valence-corrected chi connectivity index (χ0v) is 26.3. The molecule has 0 aliphatic rings. The molecule has 6 rings (SSSR count). The predicted molar refractivity (Wildman–Crippen MR) is 182 cm³/mol. The van der Waals surface area contributed by atoms with Crippen molar-refractivity contribution < 1.29 is 28.4 Å². The Morgan fingerprint density at radius 2 is 0.511 bits per heavy atom. The van der Waals surface area contributed by atoms with Crippen molar-refractivity contribution in [2.75, 3.05) is 0 Å². The molecule has 0 saturated carbocycles. The number of hydrogen-bond donors (Lipinski definition) is 0. The van der Waals surface area contributed by atoms with E-state index in [-0.39, 0.29) is 5.41 Å². The molecule has 0 spiro atoms. The molecule has 6 aromatic rings. The predicted octanol–water partition coefficient (Wildman–Crippen LogP) is 9.65. The van der Waals surface area contributed by atoms with Gasteiger partial charge in [-0.05, 0) is 83.9 Å². The molecule has 6 heteroatoms. The summed E-state index contributed by atoms with van der Waals surface area (Å²) in [5.41, 5.74) is 1.92. The van der Waals surface area contributed by atoms with Crippen LogP contribution in [0.3, 0.4) is 0 Å². The van der Waals surface area contributed by atoms with Gasteiger partial charge in [0.15, 0.2) is 0 Å². The maximum Gasteiger partial charge on any atom is 0.406 e. The average molecular weight is 625 g/mol. The Balaban J connectivity index is 1.13. The Hall–Kier alpha value is -5.88. The first-order valence-electron chi connectivity index (χ1n) is 15.4. The topological polar surface area (TPSA) is 55.4 Å². The molecule has 6 nitrogen and oxygen atoms in total. The third-order valence-electron chi connectivity index (χ3n) is 7.52. The Morgan fingerprint density at radius 1 is 0.298 bits per heavy atom. The van der Waals surface area contributed by atoms with Crippen molar-refractivity contribution in [3.05, 3.63) is 181 Å². The van der Waals surface area contributed by atoms with Gasteiger partial charge < -0.3 is 28.4 Å². The summed E-state index contributed by atoms with van der Waals surface area (Å²) in [7, 11) is 0. The third kappa shape index (κ3) is 8.65. The molecular formula is C41H36O6. The van der Waals surface area contributed by atoms with Gasteiger partial charge in [0.2, 0.25) is 0 Å². The average Bonchev–Trinajstić information content (AvgIpc) is 3.10. The summed E-state index contributed by atoms with van der Waals surface area (Å²) in [5.74, 6) is 3.80. The normalized spacial score (nSPS) is 11.1. The lowest BCUT2D eigenvalue weighted by molar-refractivity contribution is -0.140. The Bertz CT molecular complexity index is 1560. The van der Waals surface area contributed by atoms with E-state index in [1.807, 2.05) is 146 Å². The lowest BCUT2D eigenvalue weighted by Gasteiger charge is -2.27. The highest BCUT2D eigenvalue weighted by atomic mass is 16.8. The fraction of sp³-hybridized carbons (Fsp3) is 0.122. The lowest BCUT2D eigenvalue weighted by Crippen LogP contribution is -2.30. The second kappa shape index (κ2) is 14.9. The van der Waals surface area contributed by atoms with Gasteiger partial charge in [0, 0.05) is 5.41 Å².